The Morgan fingerprint density at radius 3 is 2.75 bits per heavy atom. The number of nitrogens with one attached hydrogen (secondary N) is 1. The van der Waals surface area contributed by atoms with E-state index < -0.39 is 6.04 Å². The highest BCUT2D eigenvalue weighted by molar-refractivity contribution is 6.42. The molecule has 2 unspecified atom stereocenters. The Hall–Kier alpha value is -2.83. The van der Waals surface area contributed by atoms with Crippen LogP contribution in [0.2, 0.25) is 10.0 Å². The molecule has 32 heavy (non-hydrogen) atoms. The van der Waals surface area contributed by atoms with Gasteiger partial charge in [-0.3, -0.25) is 9.78 Å². The number of fused-ring (bicyclic) bond motifs is 1. The average molecular weight is 468 g/mol. The van der Waals surface area contributed by atoms with Crippen LogP contribution in [0.5, 0.6) is 0 Å². The van der Waals surface area contributed by atoms with Crippen LogP contribution in [-0.2, 0) is 4.79 Å². The van der Waals surface area contributed by atoms with E-state index in [4.69, 9.17) is 23.2 Å². The van der Waals surface area contributed by atoms with Gasteiger partial charge in [0, 0.05) is 30.7 Å². The maximum absolute atomic E-state index is 14.1. The fraction of sp³-hybridized carbons (Fsp3) is 0.292. The van der Waals surface area contributed by atoms with Crippen LogP contribution in [0.4, 0.5) is 5.82 Å². The van der Waals surface area contributed by atoms with Crippen LogP contribution in [0.25, 0.3) is 0 Å². The molecule has 1 saturated heterocycles. The van der Waals surface area contributed by atoms with E-state index >= 15 is 0 Å². The summed E-state index contributed by atoms with van der Waals surface area (Å²) < 4.78 is 1.84. The standard InChI is InChI=1S/C24H23Cl2N5O/c1-15-22(24(32)30-12-3-2-6-20(30)17-5-4-10-27-14-17)23(31-21(29-15)9-11-28-31)16-7-8-18(25)19(26)13-16/h4-5,7-11,13-14,20,23,29H,2-3,6,12H2,1H3. The minimum absolute atomic E-state index is 0.000718. The zero-order valence-electron chi connectivity index (χ0n) is 17.6. The molecule has 2 aliphatic heterocycles. The Balaban J connectivity index is 1.59. The summed E-state index contributed by atoms with van der Waals surface area (Å²) in [4.78, 5) is 20.4. The second-order valence-corrected chi connectivity index (χ2v) is 9.01. The minimum Gasteiger partial charge on any atom is -0.344 e. The fourth-order valence-electron chi connectivity index (χ4n) is 4.72. The Morgan fingerprint density at radius 1 is 1.09 bits per heavy atom. The second-order valence-electron chi connectivity index (χ2n) is 8.20. The van der Waals surface area contributed by atoms with Gasteiger partial charge in [-0.15, -0.1) is 0 Å². The topological polar surface area (TPSA) is 63.1 Å². The van der Waals surface area contributed by atoms with Crippen molar-refractivity contribution in [3.63, 3.8) is 0 Å². The summed E-state index contributed by atoms with van der Waals surface area (Å²) in [5.41, 5.74) is 3.40. The first-order valence-electron chi connectivity index (χ1n) is 10.7. The number of pyridine rings is 1. The van der Waals surface area contributed by atoms with Gasteiger partial charge in [-0.05, 0) is 55.5 Å². The van der Waals surface area contributed by atoms with E-state index in [1.165, 1.54) is 0 Å². The lowest BCUT2D eigenvalue weighted by Gasteiger charge is -2.39. The lowest BCUT2D eigenvalue weighted by molar-refractivity contribution is -0.131. The summed E-state index contributed by atoms with van der Waals surface area (Å²) >= 11 is 12.5. The van der Waals surface area contributed by atoms with Crippen LogP contribution in [0.1, 0.15) is 49.4 Å². The van der Waals surface area contributed by atoms with E-state index in [9.17, 15) is 4.79 Å². The van der Waals surface area contributed by atoms with Gasteiger partial charge in [0.05, 0.1) is 27.9 Å². The molecule has 4 heterocycles. The van der Waals surface area contributed by atoms with Gasteiger partial charge in [-0.1, -0.05) is 35.3 Å². The smallest absolute Gasteiger partial charge is 0.254 e. The molecule has 2 atom stereocenters. The molecule has 1 fully saturated rings. The lowest BCUT2D eigenvalue weighted by atomic mass is 9.91. The van der Waals surface area contributed by atoms with Crippen molar-refractivity contribution >= 4 is 34.9 Å². The molecule has 1 aromatic carbocycles. The molecule has 1 amide bonds. The first kappa shape index (κ1) is 21.0. The van der Waals surface area contributed by atoms with Crippen LogP contribution in [0, 0.1) is 0 Å². The molecule has 0 aliphatic carbocycles. The van der Waals surface area contributed by atoms with E-state index in [0.29, 0.717) is 22.2 Å². The zero-order chi connectivity index (χ0) is 22.2. The Bertz CT molecular complexity index is 1190. The monoisotopic (exact) mass is 467 g/mol. The number of allylic oxidation sites excluding steroid dienone is 1. The molecular weight excluding hydrogens is 445 g/mol. The number of amides is 1. The lowest BCUT2D eigenvalue weighted by Crippen LogP contribution is -2.42. The minimum atomic E-state index is -0.403. The highest BCUT2D eigenvalue weighted by Crippen LogP contribution is 2.40. The van der Waals surface area contributed by atoms with Gasteiger partial charge < -0.3 is 10.2 Å². The van der Waals surface area contributed by atoms with Crippen LogP contribution in [-0.4, -0.2) is 32.1 Å². The van der Waals surface area contributed by atoms with Crippen molar-refractivity contribution in [2.75, 3.05) is 11.9 Å². The summed E-state index contributed by atoms with van der Waals surface area (Å²) in [7, 11) is 0. The largest absolute Gasteiger partial charge is 0.344 e. The molecule has 5 rings (SSSR count). The molecule has 0 radical (unpaired) electrons. The molecule has 3 aromatic rings. The molecule has 2 aliphatic rings. The molecule has 0 bridgehead atoms. The van der Waals surface area contributed by atoms with Gasteiger partial charge in [0.15, 0.2) is 0 Å². The van der Waals surface area contributed by atoms with E-state index in [2.05, 4.69) is 15.4 Å². The van der Waals surface area contributed by atoms with Crippen LogP contribution >= 0.6 is 23.2 Å². The van der Waals surface area contributed by atoms with Crippen molar-refractivity contribution in [3.05, 3.63) is 87.4 Å². The third kappa shape index (κ3) is 3.67. The Labute approximate surface area is 196 Å². The van der Waals surface area contributed by atoms with Gasteiger partial charge in [0.1, 0.15) is 11.9 Å². The number of aromatic nitrogens is 3. The van der Waals surface area contributed by atoms with Crippen molar-refractivity contribution in [1.82, 2.24) is 19.7 Å². The van der Waals surface area contributed by atoms with Gasteiger partial charge in [-0.25, -0.2) is 4.68 Å². The second kappa shape index (κ2) is 8.60. The molecule has 1 N–H and O–H groups in total. The summed E-state index contributed by atoms with van der Waals surface area (Å²) in [6.45, 7) is 2.65. The molecule has 2 aromatic heterocycles. The summed E-state index contributed by atoms with van der Waals surface area (Å²) in [6.07, 6.45) is 8.33. The quantitative estimate of drug-likeness (QED) is 0.542. The summed E-state index contributed by atoms with van der Waals surface area (Å²) in [5, 5.41) is 8.80. The third-order valence-corrected chi connectivity index (χ3v) is 6.97. The number of piperidine rings is 1. The van der Waals surface area contributed by atoms with Gasteiger partial charge >= 0.3 is 0 Å². The Kier molecular flexibility index (Phi) is 5.66. The number of likely N-dealkylation sites (tertiary alicyclic amines) is 1. The summed E-state index contributed by atoms with van der Waals surface area (Å²) in [6, 6.07) is 11.0. The number of anilines is 1. The van der Waals surface area contributed by atoms with Crippen LogP contribution in [0.3, 0.4) is 0 Å². The molecule has 164 valence electrons. The molecule has 0 saturated carbocycles. The molecular formula is C24H23Cl2N5O. The number of nitrogens with zero attached hydrogens (tertiary/aromatic N) is 4. The number of rotatable bonds is 3. The highest BCUT2D eigenvalue weighted by Gasteiger charge is 2.38. The zero-order valence-corrected chi connectivity index (χ0v) is 19.1. The SMILES string of the molecule is CC1=C(C(=O)N2CCCCC2c2cccnc2)C(c2ccc(Cl)c(Cl)c2)n2nccc2N1. The normalized spacial score (nSPS) is 20.7. The first-order chi connectivity index (χ1) is 15.5. The number of hydrogen-bond acceptors (Lipinski definition) is 4. The first-order valence-corrected chi connectivity index (χ1v) is 11.5. The maximum Gasteiger partial charge on any atom is 0.254 e. The average Bonchev–Trinajstić information content (AvgIpc) is 3.28. The van der Waals surface area contributed by atoms with Crippen LogP contribution < -0.4 is 5.32 Å². The van der Waals surface area contributed by atoms with Gasteiger partial charge in [0.25, 0.3) is 5.91 Å². The van der Waals surface area contributed by atoms with Crippen LogP contribution in [0.15, 0.2) is 66.3 Å². The third-order valence-electron chi connectivity index (χ3n) is 6.23. The van der Waals surface area contributed by atoms with E-state index in [-0.39, 0.29) is 11.9 Å². The predicted molar refractivity (Wildman–Crippen MR) is 126 cm³/mol. The number of hydrogen-bond donors (Lipinski definition) is 1. The predicted octanol–water partition coefficient (Wildman–Crippen LogP) is 5.63. The summed E-state index contributed by atoms with van der Waals surface area (Å²) in [5.74, 6) is 0.832. The number of carbonyl (C=O) groups is 1. The van der Waals surface area contributed by atoms with E-state index in [0.717, 1.165) is 41.9 Å². The number of benzene rings is 1. The molecule has 6 nitrogen and oxygen atoms in total. The van der Waals surface area contributed by atoms with Gasteiger partial charge in [-0.2, -0.15) is 5.10 Å². The maximum atomic E-state index is 14.1. The molecule has 8 heteroatoms. The van der Waals surface area contributed by atoms with Crippen molar-refractivity contribution in [2.24, 2.45) is 0 Å². The highest BCUT2D eigenvalue weighted by atomic mass is 35.5. The molecule has 0 spiro atoms. The fourth-order valence-corrected chi connectivity index (χ4v) is 5.03. The van der Waals surface area contributed by atoms with E-state index in [1.54, 1.807) is 18.5 Å². The van der Waals surface area contributed by atoms with E-state index in [1.807, 2.05) is 53.0 Å². The Morgan fingerprint density at radius 2 is 1.97 bits per heavy atom. The number of carbonyl (C=O) groups excluding carboxylic acids is 1. The number of halogens is 2. The van der Waals surface area contributed by atoms with Gasteiger partial charge in [0.2, 0.25) is 0 Å². The van der Waals surface area contributed by atoms with Crippen molar-refractivity contribution < 1.29 is 4.79 Å². The van der Waals surface area contributed by atoms with Crippen molar-refractivity contribution in [1.29, 1.82) is 0 Å². The van der Waals surface area contributed by atoms with Crippen molar-refractivity contribution in [3.8, 4) is 0 Å². The van der Waals surface area contributed by atoms with Crippen molar-refractivity contribution in [2.45, 2.75) is 38.3 Å².